The first-order chi connectivity index (χ1) is 18.3. The number of carbonyl (C=O) groups excluding carboxylic acids is 5. The summed E-state index contributed by atoms with van der Waals surface area (Å²) in [7, 11) is 0. The molecular weight excluding hydrogens is 528 g/mol. The first-order valence-corrected chi connectivity index (χ1v) is 12.7. The van der Waals surface area contributed by atoms with Gasteiger partial charge >= 0.3 is 0 Å². The standard InChI is InChI=1S/C27H19ClN4O5S/c28-19-4-1-16(2-5-19)13-22-26(36)31(27(37)38-22)12-11-30-23(33)18-3-6-20-21(14-18)25(35)32(24(20)34)15-17-7-9-29-10-8-17/h1-10,13-14H,11-12,15H2,(H,30,33)/b22-13+. The zero-order valence-electron chi connectivity index (χ0n) is 19.7. The Morgan fingerprint density at radius 1 is 0.895 bits per heavy atom. The summed E-state index contributed by atoms with van der Waals surface area (Å²) in [5, 5.41) is 2.79. The summed E-state index contributed by atoms with van der Waals surface area (Å²) >= 11 is 6.71. The minimum absolute atomic E-state index is 0.0171. The van der Waals surface area contributed by atoms with Crippen LogP contribution in [-0.2, 0) is 11.3 Å². The lowest BCUT2D eigenvalue weighted by Crippen LogP contribution is -2.37. The van der Waals surface area contributed by atoms with Crippen LogP contribution in [0.5, 0.6) is 0 Å². The van der Waals surface area contributed by atoms with Crippen molar-refractivity contribution in [3.8, 4) is 0 Å². The second kappa shape index (κ2) is 10.6. The SMILES string of the molecule is O=C(NCCN1C(=O)S/C(=C/c2ccc(Cl)cc2)C1=O)c1ccc2c(c1)C(=O)N(Cc1ccncc1)C2=O. The second-order valence-corrected chi connectivity index (χ2v) is 9.88. The van der Waals surface area contributed by atoms with E-state index >= 15 is 0 Å². The molecule has 11 heteroatoms. The Morgan fingerprint density at radius 2 is 1.61 bits per heavy atom. The van der Waals surface area contributed by atoms with Gasteiger partial charge in [-0.2, -0.15) is 0 Å². The molecule has 5 amide bonds. The largest absolute Gasteiger partial charge is 0.350 e. The number of amides is 5. The van der Waals surface area contributed by atoms with Gasteiger partial charge in [0.25, 0.3) is 28.9 Å². The highest BCUT2D eigenvalue weighted by Crippen LogP contribution is 2.32. The molecule has 2 aliphatic rings. The number of pyridine rings is 1. The number of halogens is 1. The molecule has 1 fully saturated rings. The molecule has 38 heavy (non-hydrogen) atoms. The molecule has 3 aromatic rings. The Morgan fingerprint density at radius 3 is 2.34 bits per heavy atom. The third kappa shape index (κ3) is 5.09. The van der Waals surface area contributed by atoms with Crippen LogP contribution in [0.2, 0.25) is 5.02 Å². The molecule has 1 saturated heterocycles. The molecule has 1 N–H and O–H groups in total. The lowest BCUT2D eigenvalue weighted by atomic mass is 10.1. The van der Waals surface area contributed by atoms with Crippen LogP contribution in [-0.4, -0.2) is 56.7 Å². The van der Waals surface area contributed by atoms with E-state index in [0.717, 1.165) is 32.7 Å². The molecule has 0 radical (unpaired) electrons. The van der Waals surface area contributed by atoms with Gasteiger partial charge in [0, 0.05) is 36.1 Å². The van der Waals surface area contributed by atoms with Crippen molar-refractivity contribution in [2.75, 3.05) is 13.1 Å². The molecular formula is C27H19ClN4O5S. The Kier molecular flexibility index (Phi) is 7.08. The molecule has 0 unspecified atom stereocenters. The number of thioether (sulfide) groups is 1. The Labute approximate surface area is 226 Å². The van der Waals surface area contributed by atoms with E-state index in [2.05, 4.69) is 10.3 Å². The van der Waals surface area contributed by atoms with E-state index in [4.69, 9.17) is 11.6 Å². The van der Waals surface area contributed by atoms with Crippen LogP contribution in [0.25, 0.3) is 6.08 Å². The van der Waals surface area contributed by atoms with E-state index in [-0.39, 0.29) is 41.2 Å². The molecule has 190 valence electrons. The van der Waals surface area contributed by atoms with Gasteiger partial charge in [-0.05, 0) is 71.4 Å². The van der Waals surface area contributed by atoms with Crippen LogP contribution in [0.3, 0.4) is 0 Å². The third-order valence-electron chi connectivity index (χ3n) is 5.99. The zero-order valence-corrected chi connectivity index (χ0v) is 21.3. The van der Waals surface area contributed by atoms with Crippen molar-refractivity contribution < 1.29 is 24.0 Å². The fraction of sp³-hybridized carbons (Fsp3) is 0.111. The van der Waals surface area contributed by atoms with Crippen molar-refractivity contribution in [3.63, 3.8) is 0 Å². The van der Waals surface area contributed by atoms with Crippen LogP contribution in [0.1, 0.15) is 42.2 Å². The van der Waals surface area contributed by atoms with E-state index in [9.17, 15) is 24.0 Å². The molecule has 5 rings (SSSR count). The van der Waals surface area contributed by atoms with Gasteiger partial charge in [-0.3, -0.25) is 38.8 Å². The Balaban J connectivity index is 1.20. The van der Waals surface area contributed by atoms with Crippen LogP contribution in [0, 0.1) is 0 Å². The van der Waals surface area contributed by atoms with Gasteiger partial charge in [-0.1, -0.05) is 23.7 Å². The number of nitrogens with one attached hydrogen (secondary N) is 1. The number of aromatic nitrogens is 1. The number of fused-ring (bicyclic) bond motifs is 1. The van der Waals surface area contributed by atoms with E-state index in [1.807, 2.05) is 0 Å². The van der Waals surface area contributed by atoms with Crippen molar-refractivity contribution in [1.29, 1.82) is 0 Å². The molecule has 1 aromatic heterocycles. The third-order valence-corrected chi connectivity index (χ3v) is 7.14. The lowest BCUT2D eigenvalue weighted by Gasteiger charge is -2.13. The maximum Gasteiger partial charge on any atom is 0.293 e. The van der Waals surface area contributed by atoms with Crippen molar-refractivity contribution in [2.24, 2.45) is 0 Å². The van der Waals surface area contributed by atoms with E-state index in [1.54, 1.807) is 54.9 Å². The van der Waals surface area contributed by atoms with Gasteiger partial charge in [0.2, 0.25) is 0 Å². The quantitative estimate of drug-likeness (QED) is 0.351. The lowest BCUT2D eigenvalue weighted by molar-refractivity contribution is -0.122. The van der Waals surface area contributed by atoms with Crippen LogP contribution < -0.4 is 5.32 Å². The molecule has 0 bridgehead atoms. The predicted octanol–water partition coefficient (Wildman–Crippen LogP) is 4.00. The van der Waals surface area contributed by atoms with Gasteiger partial charge in [0.1, 0.15) is 0 Å². The summed E-state index contributed by atoms with van der Waals surface area (Å²) in [6, 6.07) is 14.6. The fourth-order valence-corrected chi connectivity index (χ4v) is 5.02. The van der Waals surface area contributed by atoms with Crippen molar-refractivity contribution in [3.05, 3.63) is 105 Å². The van der Waals surface area contributed by atoms with Gasteiger partial charge in [0.15, 0.2) is 0 Å². The Bertz CT molecular complexity index is 1510. The summed E-state index contributed by atoms with van der Waals surface area (Å²) < 4.78 is 0. The van der Waals surface area contributed by atoms with Crippen LogP contribution in [0.15, 0.2) is 71.9 Å². The minimum Gasteiger partial charge on any atom is -0.350 e. The Hall–Kier alpha value is -4.28. The molecule has 0 atom stereocenters. The number of benzene rings is 2. The van der Waals surface area contributed by atoms with Crippen LogP contribution >= 0.6 is 23.4 Å². The smallest absolute Gasteiger partial charge is 0.293 e. The monoisotopic (exact) mass is 546 g/mol. The summed E-state index contributed by atoms with van der Waals surface area (Å²) in [6.07, 6.45) is 4.77. The maximum atomic E-state index is 12.9. The highest BCUT2D eigenvalue weighted by molar-refractivity contribution is 8.18. The second-order valence-electron chi connectivity index (χ2n) is 8.45. The summed E-state index contributed by atoms with van der Waals surface area (Å²) in [6.45, 7) is 0.0976. The average Bonchev–Trinajstić information content (AvgIpc) is 3.32. The number of hydrogen-bond acceptors (Lipinski definition) is 7. The van der Waals surface area contributed by atoms with Crippen molar-refractivity contribution in [1.82, 2.24) is 20.1 Å². The predicted molar refractivity (Wildman–Crippen MR) is 141 cm³/mol. The van der Waals surface area contributed by atoms with Gasteiger partial charge in [0.05, 0.1) is 22.6 Å². The molecule has 0 aliphatic carbocycles. The molecule has 0 saturated carbocycles. The number of imide groups is 2. The van der Waals surface area contributed by atoms with E-state index in [1.165, 1.54) is 18.2 Å². The maximum absolute atomic E-state index is 12.9. The van der Waals surface area contributed by atoms with E-state index in [0.29, 0.717) is 5.02 Å². The molecule has 9 nitrogen and oxygen atoms in total. The number of rotatable bonds is 7. The van der Waals surface area contributed by atoms with Crippen molar-refractivity contribution in [2.45, 2.75) is 6.54 Å². The first-order valence-electron chi connectivity index (χ1n) is 11.5. The van der Waals surface area contributed by atoms with Gasteiger partial charge in [-0.15, -0.1) is 0 Å². The first kappa shape index (κ1) is 25.4. The number of hydrogen-bond donors (Lipinski definition) is 1. The number of nitrogens with zero attached hydrogens (tertiary/aromatic N) is 3. The highest BCUT2D eigenvalue weighted by Gasteiger charge is 2.36. The summed E-state index contributed by atoms with van der Waals surface area (Å²) in [5.74, 6) is -1.86. The van der Waals surface area contributed by atoms with Crippen molar-refractivity contribution >= 4 is 58.3 Å². The van der Waals surface area contributed by atoms with Gasteiger partial charge < -0.3 is 5.32 Å². The fourth-order valence-electron chi connectivity index (χ4n) is 4.03. The van der Waals surface area contributed by atoms with Gasteiger partial charge in [-0.25, -0.2) is 0 Å². The molecule has 2 aromatic carbocycles. The normalized spacial score (nSPS) is 16.0. The molecule has 0 spiro atoms. The van der Waals surface area contributed by atoms with E-state index < -0.39 is 28.9 Å². The topological polar surface area (TPSA) is 117 Å². The average molecular weight is 547 g/mol. The molecule has 3 heterocycles. The number of carbonyl (C=O) groups is 5. The minimum atomic E-state index is -0.496. The molecule has 2 aliphatic heterocycles. The zero-order chi connectivity index (χ0) is 26.8. The summed E-state index contributed by atoms with van der Waals surface area (Å²) in [5.41, 5.74) is 2.05. The van der Waals surface area contributed by atoms with Crippen LogP contribution in [0.4, 0.5) is 4.79 Å². The highest BCUT2D eigenvalue weighted by atomic mass is 35.5. The summed E-state index contributed by atoms with van der Waals surface area (Å²) in [4.78, 5) is 69.8.